The first-order valence-corrected chi connectivity index (χ1v) is 8.97. The van der Waals surface area contributed by atoms with Crippen LogP contribution in [0.5, 0.6) is 0 Å². The highest BCUT2D eigenvalue weighted by molar-refractivity contribution is 5.94. The summed E-state index contributed by atoms with van der Waals surface area (Å²) < 4.78 is 10.5. The van der Waals surface area contributed by atoms with Crippen molar-refractivity contribution in [2.45, 2.75) is 0 Å². The molecule has 0 radical (unpaired) electrons. The molecule has 1 aromatic carbocycles. The number of nitrogens with one attached hydrogen (secondary N) is 1. The third-order valence-corrected chi connectivity index (χ3v) is 4.84. The third kappa shape index (κ3) is 3.41. The summed E-state index contributed by atoms with van der Waals surface area (Å²) in [6, 6.07) is 2.84. The maximum atomic E-state index is 12.7. The van der Waals surface area contributed by atoms with Gasteiger partial charge in [-0.25, -0.2) is 4.98 Å². The molecule has 11 nitrogen and oxygen atoms in total. The van der Waals surface area contributed by atoms with Crippen molar-refractivity contribution in [3.8, 4) is 0 Å². The van der Waals surface area contributed by atoms with E-state index in [9.17, 15) is 19.7 Å². The topological polar surface area (TPSA) is 131 Å². The van der Waals surface area contributed by atoms with Crippen LogP contribution in [0.2, 0.25) is 0 Å². The normalized spacial score (nSPS) is 17.7. The predicted molar refractivity (Wildman–Crippen MR) is 98.8 cm³/mol. The summed E-state index contributed by atoms with van der Waals surface area (Å²) in [6.07, 6.45) is 0. The minimum absolute atomic E-state index is 0.126. The molecule has 0 aliphatic carbocycles. The SMILES string of the molecule is O=C(c1nc2cc(N3CCOCC3)c([N+](=O)[O-])cc2[nH]c1=O)N1CCOCC1. The third-order valence-electron chi connectivity index (χ3n) is 4.84. The molecular formula is C17H19N5O6. The number of hydrogen-bond donors (Lipinski definition) is 1. The van der Waals surface area contributed by atoms with Crippen molar-refractivity contribution >= 4 is 28.3 Å². The number of morpholine rings is 2. The number of aromatic amines is 1. The molecule has 3 heterocycles. The van der Waals surface area contributed by atoms with Gasteiger partial charge in [-0.1, -0.05) is 0 Å². The zero-order valence-electron chi connectivity index (χ0n) is 15.0. The van der Waals surface area contributed by atoms with Crippen LogP contribution in [0, 0.1) is 10.1 Å². The number of nitro groups is 1. The Hall–Kier alpha value is -3.05. The number of ether oxygens (including phenoxy) is 2. The van der Waals surface area contributed by atoms with Gasteiger partial charge < -0.3 is 24.3 Å². The lowest BCUT2D eigenvalue weighted by molar-refractivity contribution is -0.384. The molecule has 2 aliphatic rings. The second-order valence-electron chi connectivity index (χ2n) is 6.53. The first kappa shape index (κ1) is 18.3. The summed E-state index contributed by atoms with van der Waals surface area (Å²) in [7, 11) is 0. The molecule has 0 unspecified atom stereocenters. The van der Waals surface area contributed by atoms with E-state index in [1.165, 1.54) is 11.0 Å². The van der Waals surface area contributed by atoms with Crippen molar-refractivity contribution in [2.24, 2.45) is 0 Å². The number of aromatic nitrogens is 2. The predicted octanol–water partition coefficient (Wildman–Crippen LogP) is 0.140. The van der Waals surface area contributed by atoms with Crippen molar-refractivity contribution in [3.05, 3.63) is 38.3 Å². The van der Waals surface area contributed by atoms with E-state index < -0.39 is 16.4 Å². The lowest BCUT2D eigenvalue weighted by atomic mass is 10.2. The summed E-state index contributed by atoms with van der Waals surface area (Å²) in [5, 5.41) is 11.5. The van der Waals surface area contributed by atoms with Gasteiger partial charge in [0.25, 0.3) is 17.2 Å². The summed E-state index contributed by atoms with van der Waals surface area (Å²) in [5.74, 6) is -0.474. The van der Waals surface area contributed by atoms with Crippen LogP contribution >= 0.6 is 0 Å². The van der Waals surface area contributed by atoms with Gasteiger partial charge in [-0.05, 0) is 6.07 Å². The van der Waals surface area contributed by atoms with E-state index in [2.05, 4.69) is 9.97 Å². The second kappa shape index (κ2) is 7.52. The molecule has 1 aromatic heterocycles. The van der Waals surface area contributed by atoms with E-state index in [4.69, 9.17) is 9.47 Å². The van der Waals surface area contributed by atoms with Gasteiger partial charge in [-0.15, -0.1) is 0 Å². The monoisotopic (exact) mass is 389 g/mol. The average Bonchev–Trinajstić information content (AvgIpc) is 2.73. The highest BCUT2D eigenvalue weighted by Gasteiger charge is 2.26. The number of anilines is 1. The Bertz CT molecular complexity index is 978. The number of hydrogen-bond acceptors (Lipinski definition) is 8. The zero-order valence-corrected chi connectivity index (χ0v) is 15.0. The van der Waals surface area contributed by atoms with E-state index in [-0.39, 0.29) is 16.9 Å². The van der Waals surface area contributed by atoms with E-state index in [0.29, 0.717) is 63.8 Å². The molecule has 0 saturated carbocycles. The van der Waals surface area contributed by atoms with E-state index in [1.54, 1.807) is 6.07 Å². The molecule has 2 aromatic rings. The highest BCUT2D eigenvalue weighted by Crippen LogP contribution is 2.32. The number of fused-ring (bicyclic) bond motifs is 1. The van der Waals surface area contributed by atoms with Gasteiger partial charge in [0.1, 0.15) is 5.69 Å². The number of benzene rings is 1. The van der Waals surface area contributed by atoms with Crippen LogP contribution in [0.3, 0.4) is 0 Å². The van der Waals surface area contributed by atoms with Crippen LogP contribution in [0.1, 0.15) is 10.5 Å². The minimum atomic E-state index is -0.669. The van der Waals surface area contributed by atoms with Gasteiger partial charge >= 0.3 is 0 Å². The maximum absolute atomic E-state index is 12.7. The van der Waals surface area contributed by atoms with Gasteiger partial charge in [0.2, 0.25) is 0 Å². The quantitative estimate of drug-likeness (QED) is 0.579. The fourth-order valence-corrected chi connectivity index (χ4v) is 3.38. The first-order valence-electron chi connectivity index (χ1n) is 8.97. The summed E-state index contributed by atoms with van der Waals surface area (Å²) in [4.78, 5) is 46.3. The van der Waals surface area contributed by atoms with Gasteiger partial charge in [-0.3, -0.25) is 19.7 Å². The molecule has 2 fully saturated rings. The Morgan fingerprint density at radius 3 is 2.39 bits per heavy atom. The molecule has 0 atom stereocenters. The maximum Gasteiger partial charge on any atom is 0.294 e. The second-order valence-corrected chi connectivity index (χ2v) is 6.53. The number of nitro benzene ring substituents is 1. The number of carbonyl (C=O) groups excluding carboxylic acids is 1. The van der Waals surface area contributed by atoms with Crippen molar-refractivity contribution in [1.29, 1.82) is 0 Å². The highest BCUT2D eigenvalue weighted by atomic mass is 16.6. The van der Waals surface area contributed by atoms with Gasteiger partial charge in [0.15, 0.2) is 5.69 Å². The molecule has 4 rings (SSSR count). The van der Waals surface area contributed by atoms with Crippen LogP contribution < -0.4 is 10.5 Å². The largest absolute Gasteiger partial charge is 0.378 e. The number of rotatable bonds is 3. The van der Waals surface area contributed by atoms with Crippen molar-refractivity contribution in [3.63, 3.8) is 0 Å². The molecule has 148 valence electrons. The Kier molecular flexibility index (Phi) is 4.92. The Balaban J connectivity index is 1.79. The lowest BCUT2D eigenvalue weighted by Crippen LogP contribution is -2.43. The lowest BCUT2D eigenvalue weighted by Gasteiger charge is -2.28. The van der Waals surface area contributed by atoms with E-state index >= 15 is 0 Å². The van der Waals surface area contributed by atoms with Crippen molar-refractivity contribution in [2.75, 3.05) is 57.5 Å². The molecule has 1 N–H and O–H groups in total. The number of H-pyrrole nitrogens is 1. The molecule has 2 aliphatic heterocycles. The number of nitrogens with zero attached hydrogens (tertiary/aromatic N) is 4. The minimum Gasteiger partial charge on any atom is -0.378 e. The first-order chi connectivity index (χ1) is 13.5. The van der Waals surface area contributed by atoms with Crippen LogP contribution in [0.25, 0.3) is 11.0 Å². The Morgan fingerprint density at radius 2 is 1.75 bits per heavy atom. The molecule has 1 amide bonds. The summed E-state index contributed by atoms with van der Waals surface area (Å²) in [6.45, 7) is 3.54. The van der Waals surface area contributed by atoms with Crippen LogP contribution in [-0.4, -0.2) is 78.3 Å². The molecule has 11 heteroatoms. The summed E-state index contributed by atoms with van der Waals surface area (Å²) in [5.41, 5.74) is -0.0895. The van der Waals surface area contributed by atoms with E-state index in [1.807, 2.05) is 4.90 Å². The fourth-order valence-electron chi connectivity index (χ4n) is 3.38. The molecule has 2 saturated heterocycles. The zero-order chi connectivity index (χ0) is 19.7. The van der Waals surface area contributed by atoms with Gasteiger partial charge in [0.05, 0.1) is 42.4 Å². The number of amides is 1. The summed E-state index contributed by atoms with van der Waals surface area (Å²) >= 11 is 0. The number of carbonyl (C=O) groups is 1. The average molecular weight is 389 g/mol. The smallest absolute Gasteiger partial charge is 0.294 e. The van der Waals surface area contributed by atoms with Crippen LogP contribution in [0.4, 0.5) is 11.4 Å². The van der Waals surface area contributed by atoms with Crippen LogP contribution in [-0.2, 0) is 9.47 Å². The Labute approximate surface area is 159 Å². The standard InChI is InChI=1S/C17H19N5O6/c23-16-15(17(24)21-3-7-28-8-4-21)18-11-9-13(20-1-5-27-6-2-20)14(22(25)26)10-12(11)19-16/h9-10H,1-8H2,(H,19,23). The van der Waals surface area contributed by atoms with Crippen molar-refractivity contribution < 1.29 is 19.2 Å². The molecular weight excluding hydrogens is 370 g/mol. The Morgan fingerprint density at radius 1 is 1.11 bits per heavy atom. The molecule has 0 bridgehead atoms. The fraction of sp³-hybridized carbons (Fsp3) is 0.471. The van der Waals surface area contributed by atoms with Gasteiger partial charge in [-0.2, -0.15) is 0 Å². The van der Waals surface area contributed by atoms with E-state index in [0.717, 1.165) is 0 Å². The van der Waals surface area contributed by atoms with Gasteiger partial charge in [0, 0.05) is 32.2 Å². The van der Waals surface area contributed by atoms with Crippen LogP contribution in [0.15, 0.2) is 16.9 Å². The molecule has 28 heavy (non-hydrogen) atoms. The molecule has 0 spiro atoms. The van der Waals surface area contributed by atoms with Crippen molar-refractivity contribution in [1.82, 2.24) is 14.9 Å².